The molecule has 0 radical (unpaired) electrons. The van der Waals surface area contributed by atoms with E-state index in [1.165, 1.54) is 0 Å². The van der Waals surface area contributed by atoms with Crippen LogP contribution in [0.15, 0.2) is 65.2 Å². The Balaban J connectivity index is 1.68. The first kappa shape index (κ1) is 17.9. The number of aryl methyl sites for hydroxylation is 1. The van der Waals surface area contributed by atoms with Gasteiger partial charge in [0.05, 0.1) is 6.54 Å². The Bertz CT molecular complexity index is 872. The molecule has 2 aromatic carbocycles. The highest BCUT2D eigenvalue weighted by molar-refractivity contribution is 5.83. The molecule has 1 atom stereocenters. The van der Waals surface area contributed by atoms with Crippen LogP contribution >= 0.6 is 0 Å². The van der Waals surface area contributed by atoms with E-state index >= 15 is 0 Å². The molecule has 5 heteroatoms. The van der Waals surface area contributed by atoms with Gasteiger partial charge >= 0.3 is 0 Å². The summed E-state index contributed by atoms with van der Waals surface area (Å²) >= 11 is 0. The summed E-state index contributed by atoms with van der Waals surface area (Å²) in [6.07, 6.45) is 0. The molecule has 3 rings (SSSR count). The average Bonchev–Trinajstić information content (AvgIpc) is 3.10. The van der Waals surface area contributed by atoms with E-state index in [9.17, 15) is 4.79 Å². The van der Waals surface area contributed by atoms with E-state index < -0.39 is 0 Å². The number of benzene rings is 2. The van der Waals surface area contributed by atoms with Crippen molar-refractivity contribution in [2.75, 3.05) is 14.1 Å². The standard InChI is InChI=1S/C21H23N3O2/c1-15-8-7-11-17(12-15)20(24(2)3)21(25)22-14-18-13-19(23-26-18)16-9-5-4-6-10-16/h4-13,20H,14H2,1-3H3,(H,22,25)/t20-/m0/s1. The third kappa shape index (κ3) is 4.18. The lowest BCUT2D eigenvalue weighted by Gasteiger charge is -2.24. The largest absolute Gasteiger partial charge is 0.359 e. The summed E-state index contributed by atoms with van der Waals surface area (Å²) in [5.74, 6) is 0.553. The molecule has 0 saturated carbocycles. The first-order valence-corrected chi connectivity index (χ1v) is 8.56. The van der Waals surface area contributed by atoms with Gasteiger partial charge in [0.15, 0.2) is 5.76 Å². The molecule has 0 aliphatic carbocycles. The molecule has 134 valence electrons. The minimum absolute atomic E-state index is 0.0711. The maximum Gasteiger partial charge on any atom is 0.242 e. The zero-order valence-electron chi connectivity index (χ0n) is 15.3. The average molecular weight is 349 g/mol. The van der Waals surface area contributed by atoms with E-state index in [1.54, 1.807) is 0 Å². The van der Waals surface area contributed by atoms with Crippen LogP contribution in [0.3, 0.4) is 0 Å². The molecule has 26 heavy (non-hydrogen) atoms. The first-order valence-electron chi connectivity index (χ1n) is 8.56. The quantitative estimate of drug-likeness (QED) is 0.739. The Morgan fingerprint density at radius 3 is 2.58 bits per heavy atom. The second-order valence-corrected chi connectivity index (χ2v) is 6.54. The van der Waals surface area contributed by atoms with Gasteiger partial charge in [0.25, 0.3) is 0 Å². The summed E-state index contributed by atoms with van der Waals surface area (Å²) in [5, 5.41) is 7.03. The molecule has 0 spiro atoms. The highest BCUT2D eigenvalue weighted by Gasteiger charge is 2.23. The van der Waals surface area contributed by atoms with E-state index in [-0.39, 0.29) is 11.9 Å². The van der Waals surface area contributed by atoms with Crippen LogP contribution in [0, 0.1) is 6.92 Å². The van der Waals surface area contributed by atoms with Gasteiger partial charge in [0.1, 0.15) is 11.7 Å². The topological polar surface area (TPSA) is 58.4 Å². The van der Waals surface area contributed by atoms with Gasteiger partial charge < -0.3 is 9.84 Å². The van der Waals surface area contributed by atoms with Crippen molar-refractivity contribution in [3.63, 3.8) is 0 Å². The molecule has 0 bridgehead atoms. The van der Waals surface area contributed by atoms with Crippen molar-refractivity contribution in [3.8, 4) is 11.3 Å². The van der Waals surface area contributed by atoms with Crippen molar-refractivity contribution in [1.82, 2.24) is 15.4 Å². The molecule has 0 fully saturated rings. The van der Waals surface area contributed by atoms with Gasteiger partial charge in [-0.05, 0) is 26.6 Å². The maximum absolute atomic E-state index is 12.7. The van der Waals surface area contributed by atoms with Crippen LogP contribution in [-0.4, -0.2) is 30.1 Å². The number of nitrogens with zero attached hydrogens (tertiary/aromatic N) is 2. The Kier molecular flexibility index (Phi) is 5.49. The van der Waals surface area contributed by atoms with Crippen LogP contribution in [0.4, 0.5) is 0 Å². The van der Waals surface area contributed by atoms with Crippen LogP contribution < -0.4 is 5.32 Å². The van der Waals surface area contributed by atoms with Crippen LogP contribution in [-0.2, 0) is 11.3 Å². The third-order valence-electron chi connectivity index (χ3n) is 4.19. The predicted octanol–water partition coefficient (Wildman–Crippen LogP) is 3.57. The summed E-state index contributed by atoms with van der Waals surface area (Å²) in [7, 11) is 3.79. The van der Waals surface area contributed by atoms with E-state index in [0.29, 0.717) is 12.3 Å². The molecule has 5 nitrogen and oxygen atoms in total. The van der Waals surface area contributed by atoms with E-state index in [2.05, 4.69) is 10.5 Å². The van der Waals surface area contributed by atoms with Gasteiger partial charge in [-0.15, -0.1) is 0 Å². The number of rotatable bonds is 6. The van der Waals surface area contributed by atoms with Crippen molar-refractivity contribution in [2.24, 2.45) is 0 Å². The lowest BCUT2D eigenvalue weighted by molar-refractivity contribution is -0.126. The maximum atomic E-state index is 12.7. The molecule has 1 N–H and O–H groups in total. The Morgan fingerprint density at radius 1 is 1.12 bits per heavy atom. The second kappa shape index (κ2) is 7.97. The first-order chi connectivity index (χ1) is 12.5. The Morgan fingerprint density at radius 2 is 1.88 bits per heavy atom. The summed E-state index contributed by atoms with van der Waals surface area (Å²) in [6.45, 7) is 2.32. The Hall–Kier alpha value is -2.92. The zero-order valence-corrected chi connectivity index (χ0v) is 15.3. The number of carbonyl (C=O) groups is 1. The van der Waals surface area contributed by atoms with Crippen molar-refractivity contribution in [3.05, 3.63) is 77.6 Å². The lowest BCUT2D eigenvalue weighted by atomic mass is 10.0. The number of aromatic nitrogens is 1. The van der Waals surface area contributed by atoms with Gasteiger partial charge in [-0.3, -0.25) is 9.69 Å². The fraction of sp³-hybridized carbons (Fsp3) is 0.238. The molecule has 0 saturated heterocycles. The normalized spacial score (nSPS) is 12.2. The molecule has 1 aromatic heterocycles. The minimum atomic E-state index is -0.355. The van der Waals surface area contributed by atoms with Crippen LogP contribution in [0.1, 0.15) is 22.9 Å². The second-order valence-electron chi connectivity index (χ2n) is 6.54. The van der Waals surface area contributed by atoms with Gasteiger partial charge in [0, 0.05) is 11.6 Å². The molecule has 3 aromatic rings. The fourth-order valence-electron chi connectivity index (χ4n) is 2.94. The monoisotopic (exact) mass is 349 g/mol. The van der Waals surface area contributed by atoms with Crippen molar-refractivity contribution >= 4 is 5.91 Å². The molecular formula is C21H23N3O2. The summed E-state index contributed by atoms with van der Waals surface area (Å²) < 4.78 is 5.36. The van der Waals surface area contributed by atoms with Crippen molar-refractivity contribution in [1.29, 1.82) is 0 Å². The lowest BCUT2D eigenvalue weighted by Crippen LogP contribution is -2.36. The fourth-order valence-corrected chi connectivity index (χ4v) is 2.94. The zero-order chi connectivity index (χ0) is 18.5. The number of amides is 1. The highest BCUT2D eigenvalue weighted by atomic mass is 16.5. The van der Waals surface area contributed by atoms with Crippen LogP contribution in [0.25, 0.3) is 11.3 Å². The number of carbonyl (C=O) groups excluding carboxylic acids is 1. The van der Waals surface area contributed by atoms with Gasteiger partial charge in [-0.25, -0.2) is 0 Å². The molecule has 1 heterocycles. The minimum Gasteiger partial charge on any atom is -0.359 e. The number of hydrogen-bond donors (Lipinski definition) is 1. The summed E-state index contributed by atoms with van der Waals surface area (Å²) in [4.78, 5) is 14.6. The Labute approximate surface area is 153 Å². The van der Waals surface area contributed by atoms with Gasteiger partial charge in [-0.1, -0.05) is 65.3 Å². The summed E-state index contributed by atoms with van der Waals surface area (Å²) in [5.41, 5.74) is 3.84. The van der Waals surface area contributed by atoms with E-state index in [1.807, 2.05) is 86.6 Å². The van der Waals surface area contributed by atoms with Gasteiger partial charge in [0.2, 0.25) is 5.91 Å². The predicted molar refractivity (Wildman–Crippen MR) is 101 cm³/mol. The highest BCUT2D eigenvalue weighted by Crippen LogP contribution is 2.21. The van der Waals surface area contributed by atoms with Crippen molar-refractivity contribution in [2.45, 2.75) is 19.5 Å². The summed E-state index contributed by atoms with van der Waals surface area (Å²) in [6, 6.07) is 19.3. The molecule has 0 aliphatic heterocycles. The SMILES string of the molecule is Cc1cccc([C@@H](C(=O)NCc2cc(-c3ccccc3)no2)N(C)C)c1. The number of nitrogens with one attached hydrogen (secondary N) is 1. The molecule has 1 amide bonds. The smallest absolute Gasteiger partial charge is 0.242 e. The number of likely N-dealkylation sites (N-methyl/N-ethyl adjacent to an activating group) is 1. The van der Waals surface area contributed by atoms with E-state index in [0.717, 1.165) is 22.4 Å². The van der Waals surface area contributed by atoms with E-state index in [4.69, 9.17) is 4.52 Å². The van der Waals surface area contributed by atoms with Crippen LogP contribution in [0.2, 0.25) is 0 Å². The molecular weight excluding hydrogens is 326 g/mol. The number of hydrogen-bond acceptors (Lipinski definition) is 4. The van der Waals surface area contributed by atoms with Crippen LogP contribution in [0.5, 0.6) is 0 Å². The molecule has 0 aliphatic rings. The third-order valence-corrected chi connectivity index (χ3v) is 4.19. The van der Waals surface area contributed by atoms with Gasteiger partial charge in [-0.2, -0.15) is 0 Å². The van der Waals surface area contributed by atoms with Crippen molar-refractivity contribution < 1.29 is 9.32 Å². The molecule has 0 unspecified atom stereocenters.